The van der Waals surface area contributed by atoms with Crippen LogP contribution in [-0.4, -0.2) is 49.8 Å². The van der Waals surface area contributed by atoms with Crippen molar-refractivity contribution in [2.45, 2.75) is 63.6 Å². The third-order valence-corrected chi connectivity index (χ3v) is 5.68. The molecule has 1 aliphatic heterocycles. The van der Waals surface area contributed by atoms with Gasteiger partial charge in [0.2, 0.25) is 0 Å². The molecule has 0 aromatic heterocycles. The SMILES string of the molecule is CNC1CCC(C)CC1CN1CCOC2CCCC21. The molecule has 0 radical (unpaired) electrons. The molecule has 1 heterocycles. The van der Waals surface area contributed by atoms with E-state index in [1.165, 1.54) is 45.1 Å². The van der Waals surface area contributed by atoms with Crippen molar-refractivity contribution in [1.82, 2.24) is 10.2 Å². The summed E-state index contributed by atoms with van der Waals surface area (Å²) in [4.78, 5) is 2.76. The molecular formula is C16H30N2O. The molecule has 1 N–H and O–H groups in total. The summed E-state index contributed by atoms with van der Waals surface area (Å²) in [5.41, 5.74) is 0. The molecule has 0 spiro atoms. The van der Waals surface area contributed by atoms with Crippen LogP contribution in [0.4, 0.5) is 0 Å². The molecule has 1 saturated heterocycles. The molecule has 0 bridgehead atoms. The Kier molecular flexibility index (Phi) is 4.45. The summed E-state index contributed by atoms with van der Waals surface area (Å²) in [6, 6.07) is 1.46. The largest absolute Gasteiger partial charge is 0.375 e. The van der Waals surface area contributed by atoms with Gasteiger partial charge in [-0.1, -0.05) is 6.92 Å². The summed E-state index contributed by atoms with van der Waals surface area (Å²) in [6.07, 6.45) is 8.72. The van der Waals surface area contributed by atoms with Gasteiger partial charge in [-0.15, -0.1) is 0 Å². The average molecular weight is 266 g/mol. The van der Waals surface area contributed by atoms with E-state index in [1.807, 2.05) is 0 Å². The minimum atomic E-state index is 0.544. The Morgan fingerprint density at radius 3 is 2.95 bits per heavy atom. The van der Waals surface area contributed by atoms with Gasteiger partial charge in [-0.05, 0) is 57.4 Å². The summed E-state index contributed by atoms with van der Waals surface area (Å²) in [5, 5.41) is 3.57. The van der Waals surface area contributed by atoms with Crippen molar-refractivity contribution in [3.8, 4) is 0 Å². The monoisotopic (exact) mass is 266 g/mol. The molecule has 3 aliphatic rings. The van der Waals surface area contributed by atoms with Crippen molar-refractivity contribution >= 4 is 0 Å². The second kappa shape index (κ2) is 6.11. The first-order chi connectivity index (χ1) is 9.28. The lowest BCUT2D eigenvalue weighted by Gasteiger charge is -2.43. The number of ether oxygens (including phenoxy) is 1. The van der Waals surface area contributed by atoms with Gasteiger partial charge in [-0.2, -0.15) is 0 Å². The number of nitrogens with zero attached hydrogens (tertiary/aromatic N) is 1. The van der Waals surface area contributed by atoms with E-state index in [4.69, 9.17) is 4.74 Å². The second-order valence-electron chi connectivity index (χ2n) is 6.98. The highest BCUT2D eigenvalue weighted by atomic mass is 16.5. The van der Waals surface area contributed by atoms with Gasteiger partial charge >= 0.3 is 0 Å². The maximum atomic E-state index is 5.94. The molecule has 3 fully saturated rings. The lowest BCUT2D eigenvalue weighted by atomic mass is 9.78. The zero-order valence-corrected chi connectivity index (χ0v) is 12.6. The molecule has 5 unspecified atom stereocenters. The molecule has 110 valence electrons. The highest BCUT2D eigenvalue weighted by Crippen LogP contribution is 2.34. The number of nitrogens with one attached hydrogen (secondary N) is 1. The Hall–Kier alpha value is -0.120. The van der Waals surface area contributed by atoms with Crippen molar-refractivity contribution in [3.63, 3.8) is 0 Å². The fraction of sp³-hybridized carbons (Fsp3) is 1.00. The van der Waals surface area contributed by atoms with Crippen LogP contribution in [0.1, 0.15) is 45.4 Å². The van der Waals surface area contributed by atoms with Crippen LogP contribution in [0.5, 0.6) is 0 Å². The van der Waals surface area contributed by atoms with Crippen LogP contribution in [-0.2, 0) is 4.74 Å². The quantitative estimate of drug-likeness (QED) is 0.848. The standard InChI is InChI=1S/C16H30N2O/c1-12-6-7-14(17-2)13(10-12)11-18-8-9-19-16-5-3-4-15(16)18/h12-17H,3-11H2,1-2H3. The fourth-order valence-corrected chi connectivity index (χ4v) is 4.61. The summed E-state index contributed by atoms with van der Waals surface area (Å²) in [6.45, 7) is 5.83. The first-order valence-corrected chi connectivity index (χ1v) is 8.31. The van der Waals surface area contributed by atoms with Crippen LogP contribution in [0.15, 0.2) is 0 Å². The summed E-state index contributed by atoms with van der Waals surface area (Å²) < 4.78 is 5.94. The van der Waals surface area contributed by atoms with Crippen LogP contribution in [0.3, 0.4) is 0 Å². The van der Waals surface area contributed by atoms with Gasteiger partial charge < -0.3 is 10.1 Å². The van der Waals surface area contributed by atoms with E-state index in [0.717, 1.165) is 37.1 Å². The van der Waals surface area contributed by atoms with Crippen molar-refractivity contribution in [3.05, 3.63) is 0 Å². The number of morpholine rings is 1. The molecule has 0 aromatic rings. The van der Waals surface area contributed by atoms with Gasteiger partial charge in [-0.25, -0.2) is 0 Å². The molecule has 0 amide bonds. The third kappa shape index (κ3) is 2.98. The molecule has 2 saturated carbocycles. The van der Waals surface area contributed by atoms with Crippen molar-refractivity contribution in [1.29, 1.82) is 0 Å². The van der Waals surface area contributed by atoms with Gasteiger partial charge in [0.05, 0.1) is 12.7 Å². The number of hydrogen-bond donors (Lipinski definition) is 1. The first kappa shape index (κ1) is 13.8. The van der Waals surface area contributed by atoms with E-state index < -0.39 is 0 Å². The Balaban J connectivity index is 1.62. The predicted molar refractivity (Wildman–Crippen MR) is 78.3 cm³/mol. The number of hydrogen-bond acceptors (Lipinski definition) is 3. The van der Waals surface area contributed by atoms with Gasteiger partial charge in [0.1, 0.15) is 0 Å². The second-order valence-corrected chi connectivity index (χ2v) is 6.98. The Labute approximate surface area is 118 Å². The normalized spacial score (nSPS) is 44.2. The molecule has 5 atom stereocenters. The number of rotatable bonds is 3. The molecule has 3 nitrogen and oxygen atoms in total. The van der Waals surface area contributed by atoms with Crippen molar-refractivity contribution < 1.29 is 4.74 Å². The van der Waals surface area contributed by atoms with Crippen molar-refractivity contribution in [2.24, 2.45) is 11.8 Å². The van der Waals surface area contributed by atoms with Gasteiger partial charge in [0, 0.05) is 25.2 Å². The average Bonchev–Trinajstić information content (AvgIpc) is 2.88. The van der Waals surface area contributed by atoms with Gasteiger partial charge in [-0.3, -0.25) is 4.90 Å². The van der Waals surface area contributed by atoms with E-state index in [9.17, 15) is 0 Å². The highest BCUT2D eigenvalue weighted by molar-refractivity contribution is 4.92. The highest BCUT2D eigenvalue weighted by Gasteiger charge is 2.38. The zero-order valence-electron chi connectivity index (χ0n) is 12.6. The van der Waals surface area contributed by atoms with E-state index in [2.05, 4.69) is 24.2 Å². The van der Waals surface area contributed by atoms with Crippen LogP contribution >= 0.6 is 0 Å². The topological polar surface area (TPSA) is 24.5 Å². The fourth-order valence-electron chi connectivity index (χ4n) is 4.61. The summed E-state index contributed by atoms with van der Waals surface area (Å²) in [5.74, 6) is 1.75. The minimum Gasteiger partial charge on any atom is -0.375 e. The van der Waals surface area contributed by atoms with Crippen LogP contribution in [0, 0.1) is 11.8 Å². The minimum absolute atomic E-state index is 0.544. The van der Waals surface area contributed by atoms with E-state index in [0.29, 0.717) is 6.10 Å². The number of fused-ring (bicyclic) bond motifs is 1. The maximum absolute atomic E-state index is 5.94. The summed E-state index contributed by atoms with van der Waals surface area (Å²) >= 11 is 0. The molecular weight excluding hydrogens is 236 g/mol. The van der Waals surface area contributed by atoms with Gasteiger partial charge in [0.15, 0.2) is 0 Å². The van der Waals surface area contributed by atoms with E-state index in [-0.39, 0.29) is 0 Å². The van der Waals surface area contributed by atoms with Crippen LogP contribution < -0.4 is 5.32 Å². The molecule has 0 aromatic carbocycles. The molecule has 3 rings (SSSR count). The lowest BCUT2D eigenvalue weighted by molar-refractivity contribution is -0.0639. The maximum Gasteiger partial charge on any atom is 0.0730 e. The lowest BCUT2D eigenvalue weighted by Crippen LogP contribution is -2.53. The molecule has 2 aliphatic carbocycles. The summed E-state index contributed by atoms with van der Waals surface area (Å²) in [7, 11) is 2.14. The molecule has 3 heteroatoms. The van der Waals surface area contributed by atoms with E-state index >= 15 is 0 Å². The third-order valence-electron chi connectivity index (χ3n) is 5.68. The Morgan fingerprint density at radius 1 is 1.21 bits per heavy atom. The van der Waals surface area contributed by atoms with Crippen LogP contribution in [0.2, 0.25) is 0 Å². The Morgan fingerprint density at radius 2 is 2.11 bits per heavy atom. The predicted octanol–water partition coefficient (Wildman–Crippen LogP) is 2.26. The van der Waals surface area contributed by atoms with E-state index in [1.54, 1.807) is 0 Å². The Bertz CT molecular complexity index is 296. The smallest absolute Gasteiger partial charge is 0.0730 e. The van der Waals surface area contributed by atoms with Crippen LogP contribution in [0.25, 0.3) is 0 Å². The zero-order chi connectivity index (χ0) is 13.2. The molecule has 19 heavy (non-hydrogen) atoms. The van der Waals surface area contributed by atoms with Gasteiger partial charge in [0.25, 0.3) is 0 Å². The first-order valence-electron chi connectivity index (χ1n) is 8.31. The van der Waals surface area contributed by atoms with Crippen molar-refractivity contribution in [2.75, 3.05) is 26.7 Å².